The number of anilines is 1. The van der Waals surface area contributed by atoms with Crippen molar-refractivity contribution in [3.05, 3.63) is 42.2 Å². The number of hydrogen-bond acceptors (Lipinski definition) is 4. The van der Waals surface area contributed by atoms with Crippen molar-refractivity contribution in [3.8, 4) is 17.2 Å². The van der Waals surface area contributed by atoms with Gasteiger partial charge in [0.15, 0.2) is 0 Å². The van der Waals surface area contributed by atoms with Gasteiger partial charge in [0.05, 0.1) is 11.5 Å². The van der Waals surface area contributed by atoms with Crippen molar-refractivity contribution in [1.29, 1.82) is 5.26 Å². The molecule has 2 N–H and O–H groups in total. The minimum atomic E-state index is -0.381. The summed E-state index contributed by atoms with van der Waals surface area (Å²) in [7, 11) is 0. The molecule has 1 aliphatic carbocycles. The van der Waals surface area contributed by atoms with Gasteiger partial charge in [-0.1, -0.05) is 30.7 Å². The number of benzene rings is 1. The molecule has 1 aliphatic rings. The van der Waals surface area contributed by atoms with Crippen molar-refractivity contribution in [3.63, 3.8) is 0 Å². The number of nitrogens with two attached hydrogens (primary N) is 1. The van der Waals surface area contributed by atoms with E-state index in [1.54, 1.807) is 12.4 Å². The molecule has 0 unspecified atom stereocenters. The number of nitrogens with zero attached hydrogens (tertiary/aromatic N) is 3. The molecule has 4 heteroatoms. The molecule has 0 bridgehead atoms. The van der Waals surface area contributed by atoms with Gasteiger partial charge in [0.1, 0.15) is 0 Å². The van der Waals surface area contributed by atoms with Crippen LogP contribution in [0.4, 0.5) is 5.95 Å². The van der Waals surface area contributed by atoms with E-state index >= 15 is 0 Å². The monoisotopic (exact) mass is 278 g/mol. The molecule has 1 heterocycles. The molecule has 1 atom stereocenters. The molecule has 1 saturated carbocycles. The normalized spacial score (nSPS) is 17.5. The minimum absolute atomic E-state index is 0.275. The summed E-state index contributed by atoms with van der Waals surface area (Å²) in [6.07, 6.45) is 6.97. The van der Waals surface area contributed by atoms with Gasteiger partial charge in [-0.05, 0) is 36.8 Å². The van der Waals surface area contributed by atoms with Crippen LogP contribution in [0.3, 0.4) is 0 Å². The number of hydrogen-bond donors (Lipinski definition) is 1. The second-order valence-electron chi connectivity index (χ2n) is 5.85. The molecular formula is C17H18N4. The van der Waals surface area contributed by atoms with Crippen molar-refractivity contribution in [2.24, 2.45) is 5.92 Å². The molecule has 0 amide bonds. The number of nitriles is 1. The zero-order valence-corrected chi connectivity index (χ0v) is 12.1. The first-order valence-electron chi connectivity index (χ1n) is 7.23. The van der Waals surface area contributed by atoms with Gasteiger partial charge in [-0.15, -0.1) is 0 Å². The Hall–Kier alpha value is -2.41. The van der Waals surface area contributed by atoms with Crippen LogP contribution in [0.2, 0.25) is 0 Å². The third-order valence-electron chi connectivity index (χ3n) is 4.64. The number of aromatic nitrogens is 2. The smallest absolute Gasteiger partial charge is 0.219 e. The highest BCUT2D eigenvalue weighted by molar-refractivity contribution is 5.62. The molecule has 106 valence electrons. The van der Waals surface area contributed by atoms with Crippen LogP contribution in [-0.2, 0) is 5.41 Å². The molecule has 4 nitrogen and oxygen atoms in total. The Bertz CT molecular complexity index is 665. The van der Waals surface area contributed by atoms with E-state index in [2.05, 4.69) is 23.0 Å². The van der Waals surface area contributed by atoms with Gasteiger partial charge < -0.3 is 5.73 Å². The van der Waals surface area contributed by atoms with Gasteiger partial charge >= 0.3 is 0 Å². The Balaban J connectivity index is 1.90. The van der Waals surface area contributed by atoms with Crippen LogP contribution in [0.25, 0.3) is 11.1 Å². The molecule has 1 fully saturated rings. The highest BCUT2D eigenvalue weighted by Crippen LogP contribution is 2.43. The predicted octanol–water partition coefficient (Wildman–Crippen LogP) is 3.31. The van der Waals surface area contributed by atoms with E-state index in [-0.39, 0.29) is 11.4 Å². The van der Waals surface area contributed by atoms with E-state index in [1.165, 1.54) is 6.42 Å². The lowest BCUT2D eigenvalue weighted by molar-refractivity contribution is 0.223. The van der Waals surface area contributed by atoms with Crippen LogP contribution >= 0.6 is 0 Å². The Kier molecular flexibility index (Phi) is 3.34. The van der Waals surface area contributed by atoms with E-state index in [0.29, 0.717) is 5.92 Å². The summed E-state index contributed by atoms with van der Waals surface area (Å²) in [5.74, 6) is 0.755. The summed E-state index contributed by atoms with van der Waals surface area (Å²) in [6, 6.07) is 10.7. The van der Waals surface area contributed by atoms with E-state index < -0.39 is 0 Å². The number of rotatable bonds is 3. The molecular weight excluding hydrogens is 260 g/mol. The van der Waals surface area contributed by atoms with Gasteiger partial charge in [-0.2, -0.15) is 5.26 Å². The zero-order valence-electron chi connectivity index (χ0n) is 12.1. The molecule has 2 aromatic rings. The van der Waals surface area contributed by atoms with Crippen LogP contribution in [0.5, 0.6) is 0 Å². The summed E-state index contributed by atoms with van der Waals surface area (Å²) < 4.78 is 0. The fourth-order valence-corrected chi connectivity index (χ4v) is 2.87. The maximum absolute atomic E-state index is 9.61. The van der Waals surface area contributed by atoms with Crippen molar-refractivity contribution >= 4 is 5.95 Å². The topological polar surface area (TPSA) is 75.6 Å². The molecule has 0 radical (unpaired) electrons. The number of nitrogen functional groups attached to an aromatic ring is 1. The maximum Gasteiger partial charge on any atom is 0.219 e. The molecule has 0 spiro atoms. The van der Waals surface area contributed by atoms with E-state index in [9.17, 15) is 5.26 Å². The fraction of sp³-hybridized carbons (Fsp3) is 0.353. The van der Waals surface area contributed by atoms with Gasteiger partial charge in [-0.25, -0.2) is 9.97 Å². The fourth-order valence-electron chi connectivity index (χ4n) is 2.87. The summed E-state index contributed by atoms with van der Waals surface area (Å²) in [5, 5.41) is 9.61. The predicted molar refractivity (Wildman–Crippen MR) is 82.2 cm³/mol. The summed E-state index contributed by atoms with van der Waals surface area (Å²) in [4.78, 5) is 8.02. The van der Waals surface area contributed by atoms with E-state index in [0.717, 1.165) is 29.5 Å². The van der Waals surface area contributed by atoms with Crippen LogP contribution in [-0.4, -0.2) is 9.97 Å². The lowest BCUT2D eigenvalue weighted by atomic mass is 9.64. The molecule has 21 heavy (non-hydrogen) atoms. The SMILES string of the molecule is C[C@](C#N)(c1ccc(-c2cnc(N)nc2)cc1)C1CCC1. The van der Waals surface area contributed by atoms with Crippen LogP contribution < -0.4 is 5.73 Å². The molecule has 3 rings (SSSR count). The molecule has 0 saturated heterocycles. The highest BCUT2D eigenvalue weighted by Gasteiger charge is 2.39. The van der Waals surface area contributed by atoms with Crippen molar-refractivity contribution in [2.45, 2.75) is 31.6 Å². The third-order valence-corrected chi connectivity index (χ3v) is 4.64. The van der Waals surface area contributed by atoms with E-state index in [4.69, 9.17) is 5.73 Å². The Labute approximate surface area is 124 Å². The first-order chi connectivity index (χ1) is 10.1. The summed E-state index contributed by atoms with van der Waals surface area (Å²) in [6.45, 7) is 2.05. The molecule has 0 aliphatic heterocycles. The first-order valence-corrected chi connectivity index (χ1v) is 7.23. The second kappa shape index (κ2) is 5.17. The highest BCUT2D eigenvalue weighted by atomic mass is 15.0. The largest absolute Gasteiger partial charge is 0.368 e. The second-order valence-corrected chi connectivity index (χ2v) is 5.85. The van der Waals surface area contributed by atoms with Crippen molar-refractivity contribution in [2.75, 3.05) is 5.73 Å². The van der Waals surface area contributed by atoms with Gasteiger partial charge in [0.25, 0.3) is 0 Å². The molecule has 1 aromatic heterocycles. The molecule has 1 aromatic carbocycles. The lowest BCUT2D eigenvalue weighted by Gasteiger charge is -2.38. The maximum atomic E-state index is 9.61. The quantitative estimate of drug-likeness (QED) is 0.934. The van der Waals surface area contributed by atoms with Gasteiger partial charge in [-0.3, -0.25) is 0 Å². The third kappa shape index (κ3) is 2.36. The summed E-state index contributed by atoms with van der Waals surface area (Å²) in [5.41, 5.74) is 8.18. The van der Waals surface area contributed by atoms with Crippen molar-refractivity contribution < 1.29 is 0 Å². The average Bonchev–Trinajstić information content (AvgIpc) is 2.46. The van der Waals surface area contributed by atoms with Crippen LogP contribution in [0.15, 0.2) is 36.7 Å². The lowest BCUT2D eigenvalue weighted by Crippen LogP contribution is -2.35. The zero-order chi connectivity index (χ0) is 14.9. The van der Waals surface area contributed by atoms with Crippen LogP contribution in [0, 0.1) is 17.2 Å². The summed E-state index contributed by atoms with van der Waals surface area (Å²) >= 11 is 0. The van der Waals surface area contributed by atoms with Gasteiger partial charge in [0, 0.05) is 18.0 Å². The first kappa shape index (κ1) is 13.6. The Morgan fingerprint density at radius 1 is 1.14 bits per heavy atom. The van der Waals surface area contributed by atoms with Crippen LogP contribution in [0.1, 0.15) is 31.7 Å². The average molecular weight is 278 g/mol. The van der Waals surface area contributed by atoms with Crippen molar-refractivity contribution in [1.82, 2.24) is 9.97 Å². The Morgan fingerprint density at radius 3 is 2.24 bits per heavy atom. The minimum Gasteiger partial charge on any atom is -0.368 e. The van der Waals surface area contributed by atoms with E-state index in [1.807, 2.05) is 24.3 Å². The van der Waals surface area contributed by atoms with Gasteiger partial charge in [0.2, 0.25) is 5.95 Å². The Morgan fingerprint density at radius 2 is 1.76 bits per heavy atom. The standard InChI is InChI=1S/C17H18N4/c1-17(11-18,14-3-2-4-14)15-7-5-12(6-8-15)13-9-20-16(19)21-10-13/h5-10,14H,2-4H2,1H3,(H2,19,20,21)/t17-/m1/s1.